The van der Waals surface area contributed by atoms with Crippen LogP contribution in [0.4, 0.5) is 5.69 Å². The molecule has 2 aromatic rings. The van der Waals surface area contributed by atoms with E-state index in [-0.39, 0.29) is 22.9 Å². The highest BCUT2D eigenvalue weighted by atomic mass is 35.5. The van der Waals surface area contributed by atoms with E-state index in [0.717, 1.165) is 4.90 Å². The molecular weight excluding hydrogens is 400 g/mol. The molecule has 146 valence electrons. The predicted molar refractivity (Wildman–Crippen MR) is 106 cm³/mol. The zero-order valence-corrected chi connectivity index (χ0v) is 16.6. The van der Waals surface area contributed by atoms with Crippen LogP contribution in [-0.2, 0) is 14.8 Å². The predicted octanol–water partition coefficient (Wildman–Crippen LogP) is 0.740. The molecule has 0 aromatic heterocycles. The molecule has 1 aliphatic rings. The fraction of sp³-hybridized carbons (Fsp3) is 0.263. The summed E-state index contributed by atoms with van der Waals surface area (Å²) in [4.78, 5) is 13.3. The minimum absolute atomic E-state index is 0.0275. The molecule has 0 unspecified atom stereocenters. The van der Waals surface area contributed by atoms with Crippen molar-refractivity contribution in [2.24, 2.45) is 0 Å². The first-order valence-corrected chi connectivity index (χ1v) is 10.6. The van der Waals surface area contributed by atoms with E-state index in [2.05, 4.69) is 5.32 Å². The fourth-order valence-corrected chi connectivity index (χ4v) is 4.91. The number of piperazine rings is 1. The molecule has 2 N–H and O–H groups in total. The molecule has 1 heterocycles. The molecule has 1 aliphatic heterocycles. The van der Waals surface area contributed by atoms with Crippen LogP contribution in [0, 0.1) is 11.3 Å². The Labute approximate surface area is 169 Å². The van der Waals surface area contributed by atoms with Crippen LogP contribution in [0.15, 0.2) is 53.4 Å². The molecule has 0 spiro atoms. The summed E-state index contributed by atoms with van der Waals surface area (Å²) in [6, 6.07) is 15.0. The first-order chi connectivity index (χ1) is 13.4. The van der Waals surface area contributed by atoms with Crippen LogP contribution >= 0.6 is 11.6 Å². The van der Waals surface area contributed by atoms with Crippen molar-refractivity contribution in [2.75, 3.05) is 38.0 Å². The van der Waals surface area contributed by atoms with Crippen molar-refractivity contribution in [1.29, 1.82) is 5.26 Å². The van der Waals surface area contributed by atoms with Crippen LogP contribution in [0.2, 0.25) is 5.02 Å². The van der Waals surface area contributed by atoms with Gasteiger partial charge in [-0.05, 0) is 30.3 Å². The number of carbonyl (C=O) groups is 1. The van der Waals surface area contributed by atoms with Crippen LogP contribution in [-0.4, -0.2) is 51.4 Å². The lowest BCUT2D eigenvalue weighted by molar-refractivity contribution is -0.895. The van der Waals surface area contributed by atoms with Crippen LogP contribution in [0.5, 0.6) is 0 Å². The van der Waals surface area contributed by atoms with Gasteiger partial charge in [0.05, 0.1) is 36.6 Å². The quantitative estimate of drug-likeness (QED) is 0.747. The van der Waals surface area contributed by atoms with Gasteiger partial charge in [-0.25, -0.2) is 8.42 Å². The summed E-state index contributed by atoms with van der Waals surface area (Å²) in [6.07, 6.45) is 0. The number of benzene rings is 2. The van der Waals surface area contributed by atoms with Gasteiger partial charge in [0.2, 0.25) is 10.0 Å². The van der Waals surface area contributed by atoms with Gasteiger partial charge < -0.3 is 10.2 Å². The second kappa shape index (κ2) is 8.71. The summed E-state index contributed by atoms with van der Waals surface area (Å²) in [5.41, 5.74) is 0.768. The van der Waals surface area contributed by atoms with Gasteiger partial charge in [0.15, 0.2) is 6.54 Å². The van der Waals surface area contributed by atoms with E-state index in [0.29, 0.717) is 36.9 Å². The van der Waals surface area contributed by atoms with Gasteiger partial charge in [0, 0.05) is 10.7 Å². The number of hydrogen-bond donors (Lipinski definition) is 2. The van der Waals surface area contributed by atoms with E-state index in [1.165, 1.54) is 16.4 Å². The third kappa shape index (κ3) is 4.69. The van der Waals surface area contributed by atoms with E-state index in [4.69, 9.17) is 16.9 Å². The molecule has 0 bridgehead atoms. The van der Waals surface area contributed by atoms with Gasteiger partial charge in [-0.3, -0.25) is 4.79 Å². The molecule has 7 nitrogen and oxygen atoms in total. The SMILES string of the molecule is N#Cc1ccccc1S(=O)(=O)N1CC[NH+](CC(=O)Nc2cccc(Cl)c2)CC1. The average Bonchev–Trinajstić information content (AvgIpc) is 2.68. The van der Waals surface area contributed by atoms with Crippen molar-refractivity contribution in [3.8, 4) is 6.07 Å². The maximum Gasteiger partial charge on any atom is 0.279 e. The maximum atomic E-state index is 12.8. The van der Waals surface area contributed by atoms with Crippen LogP contribution in [0.25, 0.3) is 0 Å². The lowest BCUT2D eigenvalue weighted by Crippen LogP contribution is -3.15. The van der Waals surface area contributed by atoms with Crippen molar-refractivity contribution in [3.05, 3.63) is 59.1 Å². The Morgan fingerprint density at radius 1 is 1.18 bits per heavy atom. The summed E-state index contributed by atoms with van der Waals surface area (Å²) in [7, 11) is -3.73. The Kier molecular flexibility index (Phi) is 6.31. The van der Waals surface area contributed by atoms with E-state index in [1.54, 1.807) is 36.4 Å². The summed E-state index contributed by atoms with van der Waals surface area (Å²) in [6.45, 7) is 1.85. The maximum absolute atomic E-state index is 12.8. The largest absolute Gasteiger partial charge is 0.325 e. The molecule has 0 saturated carbocycles. The minimum Gasteiger partial charge on any atom is -0.325 e. The number of anilines is 1. The molecule has 9 heteroatoms. The lowest BCUT2D eigenvalue weighted by atomic mass is 10.2. The van der Waals surface area contributed by atoms with Gasteiger partial charge in [-0.15, -0.1) is 0 Å². The van der Waals surface area contributed by atoms with Crippen molar-refractivity contribution in [2.45, 2.75) is 4.90 Å². The number of hydrogen-bond acceptors (Lipinski definition) is 4. The molecule has 28 heavy (non-hydrogen) atoms. The molecule has 0 atom stereocenters. The van der Waals surface area contributed by atoms with E-state index < -0.39 is 10.0 Å². The standard InChI is InChI=1S/C19H19ClN4O3S/c20-16-5-3-6-17(12-16)22-19(25)14-23-8-10-24(11-9-23)28(26,27)18-7-2-1-4-15(18)13-21/h1-7,12H,8-11,14H2,(H,22,25)/p+1. The smallest absolute Gasteiger partial charge is 0.279 e. The first-order valence-electron chi connectivity index (χ1n) is 8.78. The normalized spacial score (nSPS) is 15.7. The van der Waals surface area contributed by atoms with Gasteiger partial charge >= 0.3 is 0 Å². The number of nitrogens with one attached hydrogen (secondary N) is 2. The van der Waals surface area contributed by atoms with Crippen LogP contribution < -0.4 is 10.2 Å². The fourth-order valence-electron chi connectivity index (χ4n) is 3.14. The highest BCUT2D eigenvalue weighted by molar-refractivity contribution is 7.89. The first kappa shape index (κ1) is 20.3. The second-order valence-corrected chi connectivity index (χ2v) is 8.84. The van der Waals surface area contributed by atoms with E-state index >= 15 is 0 Å². The van der Waals surface area contributed by atoms with Crippen molar-refractivity contribution < 1.29 is 18.1 Å². The highest BCUT2D eigenvalue weighted by Gasteiger charge is 2.32. The molecule has 3 rings (SSSR count). The molecule has 0 radical (unpaired) electrons. The molecule has 1 fully saturated rings. The number of sulfonamides is 1. The number of amides is 1. The van der Waals surface area contributed by atoms with Gasteiger partial charge in [0.25, 0.3) is 5.91 Å². The second-order valence-electron chi connectivity index (χ2n) is 6.50. The average molecular weight is 420 g/mol. The van der Waals surface area contributed by atoms with Crippen molar-refractivity contribution >= 4 is 33.2 Å². The zero-order valence-electron chi connectivity index (χ0n) is 15.1. The molecule has 2 aromatic carbocycles. The summed E-state index contributed by atoms with van der Waals surface area (Å²) < 4.78 is 27.1. The number of carbonyl (C=O) groups excluding carboxylic acids is 1. The molecule has 1 amide bonds. The minimum atomic E-state index is -3.73. The topological polar surface area (TPSA) is 94.7 Å². The van der Waals surface area contributed by atoms with E-state index in [9.17, 15) is 13.2 Å². The number of nitriles is 1. The molecular formula is C19H20ClN4O3S+. The number of nitrogens with zero attached hydrogens (tertiary/aromatic N) is 2. The Hall–Kier alpha value is -2.44. The Morgan fingerprint density at radius 3 is 2.57 bits per heavy atom. The summed E-state index contributed by atoms with van der Waals surface area (Å²) in [5.74, 6) is -0.150. The monoisotopic (exact) mass is 419 g/mol. The summed E-state index contributed by atoms with van der Waals surface area (Å²) in [5, 5.41) is 12.5. The Morgan fingerprint density at radius 2 is 1.89 bits per heavy atom. The highest BCUT2D eigenvalue weighted by Crippen LogP contribution is 2.19. The third-order valence-corrected chi connectivity index (χ3v) is 6.77. The lowest BCUT2D eigenvalue weighted by Gasteiger charge is -2.31. The number of halogens is 1. The Bertz CT molecular complexity index is 1010. The van der Waals surface area contributed by atoms with Crippen molar-refractivity contribution in [1.82, 2.24) is 4.31 Å². The molecule has 0 aliphatic carbocycles. The van der Waals surface area contributed by atoms with Crippen molar-refractivity contribution in [3.63, 3.8) is 0 Å². The van der Waals surface area contributed by atoms with Gasteiger partial charge in [-0.2, -0.15) is 9.57 Å². The Balaban J connectivity index is 1.58. The number of quaternary nitrogens is 1. The zero-order chi connectivity index (χ0) is 20.1. The summed E-state index contributed by atoms with van der Waals surface area (Å²) >= 11 is 5.91. The molecule has 1 saturated heterocycles. The van der Waals surface area contributed by atoms with E-state index in [1.807, 2.05) is 6.07 Å². The van der Waals surface area contributed by atoms with Crippen LogP contribution in [0.3, 0.4) is 0 Å². The van der Waals surface area contributed by atoms with Gasteiger partial charge in [0.1, 0.15) is 6.07 Å². The van der Waals surface area contributed by atoms with Crippen LogP contribution in [0.1, 0.15) is 5.56 Å². The van der Waals surface area contributed by atoms with Gasteiger partial charge in [-0.1, -0.05) is 29.8 Å². The number of rotatable bonds is 5. The third-order valence-electron chi connectivity index (χ3n) is 4.57.